The monoisotopic (exact) mass is 407 g/mol. The second-order valence-corrected chi connectivity index (χ2v) is 7.53. The van der Waals surface area contributed by atoms with Crippen LogP contribution in [-0.4, -0.2) is 43.7 Å². The van der Waals surface area contributed by atoms with Crippen LogP contribution in [0.15, 0.2) is 48.8 Å². The predicted octanol–water partition coefficient (Wildman–Crippen LogP) is 3.60. The van der Waals surface area contributed by atoms with Crippen molar-refractivity contribution in [3.8, 4) is 5.69 Å². The van der Waals surface area contributed by atoms with Crippen LogP contribution >= 0.6 is 0 Å². The van der Waals surface area contributed by atoms with Crippen molar-refractivity contribution in [2.45, 2.75) is 39.3 Å². The second-order valence-electron chi connectivity index (χ2n) is 7.53. The van der Waals surface area contributed by atoms with Gasteiger partial charge in [-0.2, -0.15) is 4.98 Å². The zero-order valence-electron chi connectivity index (χ0n) is 17.3. The minimum atomic E-state index is -0.379. The number of carbonyl (C=O) groups is 1. The van der Waals surface area contributed by atoms with Crippen molar-refractivity contribution in [2.24, 2.45) is 5.92 Å². The standard InChI is InChI=1S/C21H25N7O2/c1-4-16(17-12-27(26-25-17)15-8-6-5-7-9-15)23-20-22-11-10-19(24-20)28-18(14(2)3)13-30-21(28)29/h5-12,14,16,18H,4,13H2,1-3H3,(H,22,23,24). The number of rotatable bonds is 7. The third-order valence-corrected chi connectivity index (χ3v) is 5.16. The fraction of sp³-hybridized carbons (Fsp3) is 0.381. The van der Waals surface area contributed by atoms with Gasteiger partial charge in [-0.15, -0.1) is 5.10 Å². The van der Waals surface area contributed by atoms with Crippen LogP contribution in [0.3, 0.4) is 0 Å². The molecule has 4 rings (SSSR count). The molecule has 3 aromatic rings. The molecule has 0 aliphatic carbocycles. The summed E-state index contributed by atoms with van der Waals surface area (Å²) in [4.78, 5) is 22.7. The first kappa shape index (κ1) is 19.8. The number of amides is 1. The van der Waals surface area contributed by atoms with Crippen LogP contribution < -0.4 is 10.2 Å². The van der Waals surface area contributed by atoms with Gasteiger partial charge in [0.15, 0.2) is 0 Å². The number of nitrogens with zero attached hydrogens (tertiary/aromatic N) is 6. The summed E-state index contributed by atoms with van der Waals surface area (Å²) in [5, 5.41) is 11.9. The van der Waals surface area contributed by atoms with E-state index in [9.17, 15) is 4.79 Å². The van der Waals surface area contributed by atoms with Crippen molar-refractivity contribution in [3.63, 3.8) is 0 Å². The van der Waals surface area contributed by atoms with Crippen LogP contribution in [0, 0.1) is 5.92 Å². The van der Waals surface area contributed by atoms with Gasteiger partial charge in [0.1, 0.15) is 18.1 Å². The molecule has 1 fully saturated rings. The Morgan fingerprint density at radius 3 is 2.77 bits per heavy atom. The Balaban J connectivity index is 1.54. The predicted molar refractivity (Wildman–Crippen MR) is 112 cm³/mol. The molecule has 9 nitrogen and oxygen atoms in total. The highest BCUT2D eigenvalue weighted by atomic mass is 16.6. The molecular formula is C21H25N7O2. The Bertz CT molecular complexity index is 1010. The normalized spacial score (nSPS) is 17.3. The average Bonchev–Trinajstić information content (AvgIpc) is 3.40. The summed E-state index contributed by atoms with van der Waals surface area (Å²) in [6, 6.07) is 11.4. The van der Waals surface area contributed by atoms with E-state index in [1.807, 2.05) is 36.5 Å². The summed E-state index contributed by atoms with van der Waals surface area (Å²) in [6.45, 7) is 6.53. The number of ether oxygens (including phenoxy) is 1. The quantitative estimate of drug-likeness (QED) is 0.639. The molecule has 0 bridgehead atoms. The Hall–Kier alpha value is -3.49. The van der Waals surface area contributed by atoms with Crippen LogP contribution in [0.25, 0.3) is 5.69 Å². The van der Waals surface area contributed by atoms with E-state index in [-0.39, 0.29) is 24.1 Å². The number of benzene rings is 1. The molecule has 1 saturated heterocycles. The zero-order valence-corrected chi connectivity index (χ0v) is 17.3. The maximum atomic E-state index is 12.2. The lowest BCUT2D eigenvalue weighted by Gasteiger charge is -2.23. The molecule has 9 heteroatoms. The van der Waals surface area contributed by atoms with E-state index in [0.29, 0.717) is 18.4 Å². The van der Waals surface area contributed by atoms with Gasteiger partial charge in [0.25, 0.3) is 0 Å². The Morgan fingerprint density at radius 1 is 1.23 bits per heavy atom. The number of nitrogens with one attached hydrogen (secondary N) is 1. The molecule has 0 spiro atoms. The lowest BCUT2D eigenvalue weighted by molar-refractivity contribution is 0.177. The number of carbonyl (C=O) groups excluding carboxylic acids is 1. The first-order chi connectivity index (χ1) is 14.6. The van der Waals surface area contributed by atoms with Crippen molar-refractivity contribution in [2.75, 3.05) is 16.8 Å². The van der Waals surface area contributed by atoms with Gasteiger partial charge in [-0.3, -0.25) is 4.90 Å². The maximum absolute atomic E-state index is 12.2. The molecule has 3 heterocycles. The SMILES string of the molecule is CCC(Nc1nccc(N2C(=O)OCC2C(C)C)n1)c1cn(-c2ccccc2)nn1. The molecule has 1 aromatic carbocycles. The van der Waals surface area contributed by atoms with Gasteiger partial charge in [0.05, 0.1) is 24.0 Å². The Kier molecular flexibility index (Phi) is 5.60. The van der Waals surface area contributed by atoms with E-state index < -0.39 is 0 Å². The van der Waals surface area contributed by atoms with Gasteiger partial charge in [-0.05, 0) is 30.5 Å². The van der Waals surface area contributed by atoms with E-state index in [1.165, 1.54) is 0 Å². The largest absolute Gasteiger partial charge is 0.447 e. The van der Waals surface area contributed by atoms with Gasteiger partial charge < -0.3 is 10.1 Å². The summed E-state index contributed by atoms with van der Waals surface area (Å²) >= 11 is 0. The number of aromatic nitrogens is 5. The van der Waals surface area contributed by atoms with Crippen LogP contribution in [-0.2, 0) is 4.74 Å². The topological polar surface area (TPSA) is 98.1 Å². The zero-order chi connectivity index (χ0) is 21.1. The smallest absolute Gasteiger partial charge is 0.415 e. The molecule has 2 aromatic heterocycles. The maximum Gasteiger partial charge on any atom is 0.415 e. The van der Waals surface area contributed by atoms with E-state index in [4.69, 9.17) is 4.74 Å². The molecule has 30 heavy (non-hydrogen) atoms. The molecule has 0 radical (unpaired) electrons. The third-order valence-electron chi connectivity index (χ3n) is 5.16. The molecule has 1 aliphatic rings. The van der Waals surface area contributed by atoms with Gasteiger partial charge in [-0.25, -0.2) is 14.5 Å². The van der Waals surface area contributed by atoms with Gasteiger partial charge >= 0.3 is 6.09 Å². The van der Waals surface area contributed by atoms with Crippen LogP contribution in [0.5, 0.6) is 0 Å². The molecule has 1 amide bonds. The lowest BCUT2D eigenvalue weighted by Crippen LogP contribution is -2.37. The number of para-hydroxylation sites is 1. The highest BCUT2D eigenvalue weighted by Gasteiger charge is 2.37. The number of hydrogen-bond donors (Lipinski definition) is 1. The van der Waals surface area contributed by atoms with E-state index >= 15 is 0 Å². The summed E-state index contributed by atoms with van der Waals surface area (Å²) in [5.74, 6) is 1.20. The first-order valence-corrected chi connectivity index (χ1v) is 10.1. The van der Waals surface area contributed by atoms with Gasteiger partial charge in [0.2, 0.25) is 5.95 Å². The van der Waals surface area contributed by atoms with Gasteiger partial charge in [-0.1, -0.05) is 44.2 Å². The van der Waals surface area contributed by atoms with Crippen LogP contribution in [0.2, 0.25) is 0 Å². The average molecular weight is 407 g/mol. The van der Waals surface area contributed by atoms with E-state index in [2.05, 4.69) is 46.4 Å². The second kappa shape index (κ2) is 8.48. The van der Waals surface area contributed by atoms with Crippen molar-refractivity contribution < 1.29 is 9.53 Å². The molecule has 0 saturated carbocycles. The highest BCUT2D eigenvalue weighted by molar-refractivity contribution is 5.89. The molecule has 1 aliphatic heterocycles. The van der Waals surface area contributed by atoms with Crippen LogP contribution in [0.1, 0.15) is 38.9 Å². The number of cyclic esters (lactones) is 1. The molecular weight excluding hydrogens is 382 g/mol. The van der Waals surface area contributed by atoms with Crippen molar-refractivity contribution in [3.05, 3.63) is 54.5 Å². The van der Waals surface area contributed by atoms with Crippen molar-refractivity contribution in [1.29, 1.82) is 0 Å². The van der Waals surface area contributed by atoms with Crippen molar-refractivity contribution in [1.82, 2.24) is 25.0 Å². The summed E-state index contributed by atoms with van der Waals surface area (Å²) in [6.07, 6.45) is 3.92. The Labute approximate surface area is 175 Å². The van der Waals surface area contributed by atoms with Crippen molar-refractivity contribution >= 4 is 17.9 Å². The third kappa shape index (κ3) is 3.96. The minimum absolute atomic E-state index is 0.0482. The fourth-order valence-electron chi connectivity index (χ4n) is 3.43. The summed E-state index contributed by atoms with van der Waals surface area (Å²) < 4.78 is 6.98. The fourth-order valence-corrected chi connectivity index (χ4v) is 3.43. The van der Waals surface area contributed by atoms with E-state index in [0.717, 1.165) is 17.8 Å². The minimum Gasteiger partial charge on any atom is -0.447 e. The molecule has 2 unspecified atom stereocenters. The van der Waals surface area contributed by atoms with Gasteiger partial charge in [0, 0.05) is 6.20 Å². The highest BCUT2D eigenvalue weighted by Crippen LogP contribution is 2.27. The Morgan fingerprint density at radius 2 is 2.03 bits per heavy atom. The summed E-state index contributed by atoms with van der Waals surface area (Å²) in [5.41, 5.74) is 1.73. The first-order valence-electron chi connectivity index (χ1n) is 10.1. The summed E-state index contributed by atoms with van der Waals surface area (Å²) in [7, 11) is 0. The lowest BCUT2D eigenvalue weighted by atomic mass is 10.0. The van der Waals surface area contributed by atoms with E-state index in [1.54, 1.807) is 21.8 Å². The molecule has 2 atom stereocenters. The number of anilines is 2. The molecule has 1 N–H and O–H groups in total. The van der Waals surface area contributed by atoms with Crippen LogP contribution in [0.4, 0.5) is 16.6 Å². The number of hydrogen-bond acceptors (Lipinski definition) is 7. The molecule has 156 valence electrons.